The Morgan fingerprint density at radius 2 is 2.00 bits per heavy atom. The van der Waals surface area contributed by atoms with Crippen LogP contribution >= 0.6 is 27.5 Å². The Labute approximate surface area is 161 Å². The van der Waals surface area contributed by atoms with Crippen molar-refractivity contribution in [2.24, 2.45) is 0 Å². The summed E-state index contributed by atoms with van der Waals surface area (Å²) in [5.74, 6) is 0.0208. The predicted octanol–water partition coefficient (Wildman–Crippen LogP) is 4.40. The van der Waals surface area contributed by atoms with Crippen molar-refractivity contribution in [2.75, 3.05) is 42.9 Å². The molecule has 3 rings (SSSR count). The standard InChI is InChI=1S/C18H21BrClN3O2/c1-3-22-6-8-23(9-7-22)15-5-4-13(20)11-14(15)21-18(24)17-12(2)10-16(19)25-17/h4-5,10-11H,3,6-9H2,1-2H3,(H,21,24). The van der Waals surface area contributed by atoms with E-state index in [1.165, 1.54) is 0 Å². The molecule has 5 nitrogen and oxygen atoms in total. The number of nitrogens with zero attached hydrogens (tertiary/aromatic N) is 2. The van der Waals surface area contributed by atoms with Gasteiger partial charge in [-0.3, -0.25) is 4.79 Å². The lowest BCUT2D eigenvalue weighted by Gasteiger charge is -2.36. The summed E-state index contributed by atoms with van der Waals surface area (Å²) in [5, 5.41) is 3.54. The van der Waals surface area contributed by atoms with Crippen LogP contribution in [0.4, 0.5) is 11.4 Å². The Morgan fingerprint density at radius 1 is 1.28 bits per heavy atom. The average molecular weight is 427 g/mol. The summed E-state index contributed by atoms with van der Waals surface area (Å²) in [6, 6.07) is 7.38. The van der Waals surface area contributed by atoms with Gasteiger partial charge in [0, 0.05) is 36.8 Å². The fourth-order valence-electron chi connectivity index (χ4n) is 3.04. The third kappa shape index (κ3) is 4.19. The number of carbonyl (C=O) groups excluding carboxylic acids is 1. The molecule has 0 saturated carbocycles. The molecule has 0 spiro atoms. The number of piperazine rings is 1. The smallest absolute Gasteiger partial charge is 0.291 e. The van der Waals surface area contributed by atoms with Crippen molar-refractivity contribution >= 4 is 44.8 Å². The van der Waals surface area contributed by atoms with Gasteiger partial charge in [0.25, 0.3) is 5.91 Å². The van der Waals surface area contributed by atoms with E-state index in [1.807, 2.05) is 19.1 Å². The molecule has 1 aliphatic heterocycles. The summed E-state index contributed by atoms with van der Waals surface area (Å²) in [5.41, 5.74) is 2.47. The number of likely N-dealkylation sites (N-methyl/N-ethyl adjacent to an activating group) is 1. The highest BCUT2D eigenvalue weighted by Crippen LogP contribution is 2.31. The van der Waals surface area contributed by atoms with E-state index in [0.29, 0.717) is 21.1 Å². The third-order valence-corrected chi connectivity index (χ3v) is 5.09. The van der Waals surface area contributed by atoms with Gasteiger partial charge in [-0.1, -0.05) is 18.5 Å². The van der Waals surface area contributed by atoms with Gasteiger partial charge >= 0.3 is 0 Å². The highest BCUT2D eigenvalue weighted by Gasteiger charge is 2.21. The minimum Gasteiger partial charge on any atom is -0.444 e. The Balaban J connectivity index is 1.82. The van der Waals surface area contributed by atoms with Gasteiger partial charge in [-0.25, -0.2) is 0 Å². The lowest BCUT2D eigenvalue weighted by Crippen LogP contribution is -2.46. The highest BCUT2D eigenvalue weighted by molar-refractivity contribution is 9.10. The largest absolute Gasteiger partial charge is 0.444 e. The number of benzene rings is 1. The molecule has 134 valence electrons. The van der Waals surface area contributed by atoms with Crippen molar-refractivity contribution in [1.82, 2.24) is 4.90 Å². The van der Waals surface area contributed by atoms with Crippen molar-refractivity contribution in [2.45, 2.75) is 13.8 Å². The van der Waals surface area contributed by atoms with E-state index in [2.05, 4.69) is 38.0 Å². The zero-order valence-electron chi connectivity index (χ0n) is 14.3. The first-order chi connectivity index (χ1) is 12.0. The first-order valence-corrected chi connectivity index (χ1v) is 9.49. The predicted molar refractivity (Wildman–Crippen MR) is 105 cm³/mol. The zero-order valence-corrected chi connectivity index (χ0v) is 16.7. The Hall–Kier alpha value is -1.50. The van der Waals surface area contributed by atoms with E-state index in [0.717, 1.165) is 44.0 Å². The van der Waals surface area contributed by atoms with Crippen molar-refractivity contribution in [3.63, 3.8) is 0 Å². The van der Waals surface area contributed by atoms with Crippen LogP contribution in [0.5, 0.6) is 0 Å². The number of hydrogen-bond donors (Lipinski definition) is 1. The number of nitrogens with one attached hydrogen (secondary N) is 1. The van der Waals surface area contributed by atoms with Crippen LogP contribution in [0.1, 0.15) is 23.0 Å². The number of rotatable bonds is 4. The number of halogens is 2. The summed E-state index contributed by atoms with van der Waals surface area (Å²) in [6.07, 6.45) is 0. The fourth-order valence-corrected chi connectivity index (χ4v) is 3.71. The highest BCUT2D eigenvalue weighted by atomic mass is 79.9. The molecule has 2 aromatic rings. The Morgan fingerprint density at radius 3 is 2.60 bits per heavy atom. The average Bonchev–Trinajstić information content (AvgIpc) is 2.94. The van der Waals surface area contributed by atoms with E-state index in [9.17, 15) is 4.79 Å². The molecule has 2 heterocycles. The zero-order chi connectivity index (χ0) is 18.0. The molecule has 1 aromatic heterocycles. The van der Waals surface area contributed by atoms with Crippen molar-refractivity contribution in [1.29, 1.82) is 0 Å². The van der Waals surface area contributed by atoms with Crippen LogP contribution in [0.3, 0.4) is 0 Å². The number of amides is 1. The second kappa shape index (κ2) is 7.81. The minimum atomic E-state index is -0.279. The van der Waals surface area contributed by atoms with Crippen LogP contribution in [-0.2, 0) is 0 Å². The number of furan rings is 1. The lowest BCUT2D eigenvalue weighted by atomic mass is 10.2. The monoisotopic (exact) mass is 425 g/mol. The van der Waals surface area contributed by atoms with Gasteiger partial charge in [0.1, 0.15) is 0 Å². The van der Waals surface area contributed by atoms with Crippen LogP contribution < -0.4 is 10.2 Å². The lowest BCUT2D eigenvalue weighted by molar-refractivity contribution is 0.0994. The molecule has 1 aliphatic rings. The maximum atomic E-state index is 12.6. The molecule has 1 fully saturated rings. The molecular formula is C18H21BrClN3O2. The molecule has 0 atom stereocenters. The first kappa shape index (κ1) is 18.3. The van der Waals surface area contributed by atoms with Gasteiger partial charge in [0.05, 0.1) is 11.4 Å². The van der Waals surface area contributed by atoms with Crippen molar-refractivity contribution in [3.8, 4) is 0 Å². The van der Waals surface area contributed by atoms with E-state index >= 15 is 0 Å². The van der Waals surface area contributed by atoms with Gasteiger partial charge in [-0.2, -0.15) is 0 Å². The molecule has 7 heteroatoms. The summed E-state index contributed by atoms with van der Waals surface area (Å²) in [7, 11) is 0. The number of hydrogen-bond acceptors (Lipinski definition) is 4. The van der Waals surface area contributed by atoms with E-state index in [4.69, 9.17) is 16.0 Å². The fraction of sp³-hybridized carbons (Fsp3) is 0.389. The van der Waals surface area contributed by atoms with Crippen LogP contribution in [0.15, 0.2) is 33.4 Å². The first-order valence-electron chi connectivity index (χ1n) is 8.32. The molecule has 0 unspecified atom stereocenters. The Kier molecular flexibility index (Phi) is 5.71. The van der Waals surface area contributed by atoms with Crippen LogP contribution in [-0.4, -0.2) is 43.5 Å². The van der Waals surface area contributed by atoms with Gasteiger partial charge < -0.3 is 19.5 Å². The van der Waals surface area contributed by atoms with Crippen LogP contribution in [0.2, 0.25) is 5.02 Å². The molecule has 0 aliphatic carbocycles. The minimum absolute atomic E-state index is 0.279. The van der Waals surface area contributed by atoms with Gasteiger partial charge in [-0.15, -0.1) is 0 Å². The summed E-state index contributed by atoms with van der Waals surface area (Å²) < 4.78 is 5.98. The molecule has 0 radical (unpaired) electrons. The number of anilines is 2. The quantitative estimate of drug-likeness (QED) is 0.787. The topological polar surface area (TPSA) is 48.7 Å². The maximum Gasteiger partial charge on any atom is 0.291 e. The summed E-state index contributed by atoms with van der Waals surface area (Å²) in [6.45, 7) is 8.94. The number of aryl methyl sites for hydroxylation is 1. The van der Waals surface area contributed by atoms with Gasteiger partial charge in [-0.05, 0) is 53.7 Å². The van der Waals surface area contributed by atoms with Gasteiger partial charge in [0.15, 0.2) is 10.4 Å². The SMILES string of the molecule is CCN1CCN(c2ccc(Cl)cc2NC(=O)c2oc(Br)cc2C)CC1. The normalized spacial score (nSPS) is 15.4. The van der Waals surface area contributed by atoms with Crippen molar-refractivity contribution in [3.05, 3.63) is 45.3 Å². The maximum absolute atomic E-state index is 12.6. The molecule has 1 aromatic carbocycles. The van der Waals surface area contributed by atoms with Gasteiger partial charge in [0.2, 0.25) is 0 Å². The van der Waals surface area contributed by atoms with Crippen LogP contribution in [0.25, 0.3) is 0 Å². The van der Waals surface area contributed by atoms with E-state index in [1.54, 1.807) is 12.1 Å². The molecule has 1 saturated heterocycles. The number of carbonyl (C=O) groups is 1. The molecule has 25 heavy (non-hydrogen) atoms. The third-order valence-electron chi connectivity index (χ3n) is 4.46. The second-order valence-electron chi connectivity index (χ2n) is 6.10. The second-order valence-corrected chi connectivity index (χ2v) is 7.32. The van der Waals surface area contributed by atoms with Crippen LogP contribution in [0, 0.1) is 6.92 Å². The van der Waals surface area contributed by atoms with E-state index < -0.39 is 0 Å². The summed E-state index contributed by atoms with van der Waals surface area (Å²) in [4.78, 5) is 17.3. The van der Waals surface area contributed by atoms with Crippen molar-refractivity contribution < 1.29 is 9.21 Å². The molecular weight excluding hydrogens is 406 g/mol. The molecule has 1 N–H and O–H groups in total. The molecule has 0 bridgehead atoms. The Bertz CT molecular complexity index is 770. The van der Waals surface area contributed by atoms with E-state index in [-0.39, 0.29) is 5.91 Å². The summed E-state index contributed by atoms with van der Waals surface area (Å²) >= 11 is 9.41. The molecule has 1 amide bonds.